The van der Waals surface area contributed by atoms with Gasteiger partial charge in [0.2, 0.25) is 0 Å². The van der Waals surface area contributed by atoms with Crippen LogP contribution in [-0.2, 0) is 6.54 Å². The zero-order chi connectivity index (χ0) is 14.1. The Morgan fingerprint density at radius 2 is 2.15 bits per heavy atom. The van der Waals surface area contributed by atoms with Crippen LogP contribution in [0.3, 0.4) is 0 Å². The van der Waals surface area contributed by atoms with Gasteiger partial charge in [0.25, 0.3) is 0 Å². The van der Waals surface area contributed by atoms with Crippen LogP contribution in [0.15, 0.2) is 30.6 Å². The predicted octanol–water partition coefficient (Wildman–Crippen LogP) is 2.27. The molecule has 2 aromatic rings. The van der Waals surface area contributed by atoms with E-state index in [2.05, 4.69) is 53.1 Å². The molecular weight excluding hydrogens is 250 g/mol. The van der Waals surface area contributed by atoms with E-state index in [0.717, 1.165) is 25.3 Å². The fourth-order valence-electron chi connectivity index (χ4n) is 2.81. The molecule has 1 atom stereocenters. The van der Waals surface area contributed by atoms with E-state index in [1.54, 1.807) is 6.33 Å². The largest absolute Gasteiger partial charge is 0.364 e. The van der Waals surface area contributed by atoms with Crippen LogP contribution in [0.1, 0.15) is 43.7 Å². The van der Waals surface area contributed by atoms with Crippen molar-refractivity contribution in [2.75, 3.05) is 11.4 Å². The van der Waals surface area contributed by atoms with E-state index in [1.165, 1.54) is 11.3 Å². The van der Waals surface area contributed by atoms with E-state index in [-0.39, 0.29) is 6.04 Å². The number of aromatic nitrogens is 3. The average molecular weight is 271 g/mol. The molecule has 1 aromatic carbocycles. The second kappa shape index (κ2) is 5.25. The van der Waals surface area contributed by atoms with Gasteiger partial charge >= 0.3 is 0 Å². The second-order valence-corrected chi connectivity index (χ2v) is 5.59. The van der Waals surface area contributed by atoms with E-state index in [1.807, 2.05) is 4.68 Å². The molecule has 0 amide bonds. The van der Waals surface area contributed by atoms with E-state index in [0.29, 0.717) is 6.04 Å². The van der Waals surface area contributed by atoms with Crippen LogP contribution in [0.5, 0.6) is 0 Å². The molecule has 5 nitrogen and oxygen atoms in total. The van der Waals surface area contributed by atoms with Crippen LogP contribution in [0.2, 0.25) is 0 Å². The first-order chi connectivity index (χ1) is 9.66. The Bertz CT molecular complexity index is 589. The standard InChI is InChI=1S/C15H21N5/c1-11(2)20-15(17-10-18-20)9-19-8-7-13(16)12-5-3-4-6-14(12)19/h3-6,10-11,13H,7-9,16H2,1-2H3. The maximum absolute atomic E-state index is 6.20. The predicted molar refractivity (Wildman–Crippen MR) is 79.4 cm³/mol. The number of rotatable bonds is 3. The van der Waals surface area contributed by atoms with Gasteiger partial charge in [-0.3, -0.25) is 0 Å². The minimum absolute atomic E-state index is 0.144. The number of nitrogens with zero attached hydrogens (tertiary/aromatic N) is 4. The number of hydrogen-bond acceptors (Lipinski definition) is 4. The molecule has 1 aliphatic heterocycles. The number of hydrogen-bond donors (Lipinski definition) is 1. The SMILES string of the molecule is CC(C)n1ncnc1CN1CCC(N)c2ccccc21. The van der Waals surface area contributed by atoms with Gasteiger partial charge < -0.3 is 10.6 Å². The molecule has 0 spiro atoms. The van der Waals surface area contributed by atoms with Crippen molar-refractivity contribution in [1.82, 2.24) is 14.8 Å². The molecule has 106 valence electrons. The highest BCUT2D eigenvalue weighted by Gasteiger charge is 2.23. The first kappa shape index (κ1) is 13.1. The molecule has 0 saturated carbocycles. The summed E-state index contributed by atoms with van der Waals surface area (Å²) < 4.78 is 1.98. The number of fused-ring (bicyclic) bond motifs is 1. The third-order valence-corrected chi connectivity index (χ3v) is 3.86. The van der Waals surface area contributed by atoms with Crippen LogP contribution in [0.4, 0.5) is 5.69 Å². The van der Waals surface area contributed by atoms with Crippen molar-refractivity contribution in [1.29, 1.82) is 0 Å². The van der Waals surface area contributed by atoms with E-state index in [9.17, 15) is 0 Å². The van der Waals surface area contributed by atoms with Gasteiger partial charge in [0.15, 0.2) is 0 Å². The summed E-state index contributed by atoms with van der Waals surface area (Å²) in [6, 6.07) is 8.86. The van der Waals surface area contributed by atoms with E-state index < -0.39 is 0 Å². The lowest BCUT2D eigenvalue weighted by atomic mass is 9.97. The summed E-state index contributed by atoms with van der Waals surface area (Å²) in [6.07, 6.45) is 2.61. The van der Waals surface area contributed by atoms with Crippen molar-refractivity contribution in [3.8, 4) is 0 Å². The van der Waals surface area contributed by atoms with Crippen molar-refractivity contribution in [2.45, 2.75) is 38.9 Å². The summed E-state index contributed by atoms with van der Waals surface area (Å²) in [7, 11) is 0. The maximum atomic E-state index is 6.20. The summed E-state index contributed by atoms with van der Waals surface area (Å²) in [4.78, 5) is 6.75. The molecule has 0 bridgehead atoms. The summed E-state index contributed by atoms with van der Waals surface area (Å²) in [5.74, 6) is 1.00. The van der Waals surface area contributed by atoms with Crippen LogP contribution < -0.4 is 10.6 Å². The quantitative estimate of drug-likeness (QED) is 0.930. The maximum Gasteiger partial charge on any atom is 0.146 e. The lowest BCUT2D eigenvalue weighted by Crippen LogP contribution is -2.34. The van der Waals surface area contributed by atoms with E-state index in [4.69, 9.17) is 5.73 Å². The molecule has 0 fully saturated rings. The number of benzene rings is 1. The highest BCUT2D eigenvalue weighted by atomic mass is 15.4. The van der Waals surface area contributed by atoms with Crippen molar-refractivity contribution in [3.63, 3.8) is 0 Å². The lowest BCUT2D eigenvalue weighted by molar-refractivity contribution is 0.494. The van der Waals surface area contributed by atoms with Gasteiger partial charge in [0, 0.05) is 24.3 Å². The fraction of sp³-hybridized carbons (Fsp3) is 0.467. The van der Waals surface area contributed by atoms with Crippen LogP contribution in [0.25, 0.3) is 0 Å². The first-order valence-electron chi connectivity index (χ1n) is 7.14. The van der Waals surface area contributed by atoms with Crippen LogP contribution in [-0.4, -0.2) is 21.3 Å². The summed E-state index contributed by atoms with van der Waals surface area (Å²) in [5.41, 5.74) is 8.66. The molecule has 5 heteroatoms. The summed E-state index contributed by atoms with van der Waals surface area (Å²) >= 11 is 0. The number of para-hydroxylation sites is 1. The van der Waals surface area contributed by atoms with Gasteiger partial charge in [-0.2, -0.15) is 5.10 Å². The molecular formula is C15H21N5. The summed E-state index contributed by atoms with van der Waals surface area (Å²) in [6.45, 7) is 5.99. The Morgan fingerprint density at radius 1 is 1.35 bits per heavy atom. The van der Waals surface area contributed by atoms with Crippen molar-refractivity contribution in [2.24, 2.45) is 5.73 Å². The Balaban J connectivity index is 1.89. The lowest BCUT2D eigenvalue weighted by Gasteiger charge is -2.34. The topological polar surface area (TPSA) is 60.0 Å². The van der Waals surface area contributed by atoms with Crippen molar-refractivity contribution in [3.05, 3.63) is 42.0 Å². The molecule has 3 rings (SSSR count). The highest BCUT2D eigenvalue weighted by molar-refractivity contribution is 5.56. The molecule has 1 unspecified atom stereocenters. The molecule has 2 N–H and O–H groups in total. The normalized spacial score (nSPS) is 18.4. The molecule has 0 saturated heterocycles. The Morgan fingerprint density at radius 3 is 2.95 bits per heavy atom. The van der Waals surface area contributed by atoms with Crippen molar-refractivity contribution < 1.29 is 0 Å². The first-order valence-corrected chi connectivity index (χ1v) is 7.14. The Labute approximate surface area is 119 Å². The average Bonchev–Trinajstić information content (AvgIpc) is 2.91. The third kappa shape index (κ3) is 2.29. The fourth-order valence-corrected chi connectivity index (χ4v) is 2.81. The zero-order valence-corrected chi connectivity index (χ0v) is 12.0. The van der Waals surface area contributed by atoms with Gasteiger partial charge in [-0.1, -0.05) is 18.2 Å². The summed E-state index contributed by atoms with van der Waals surface area (Å²) in [5, 5.41) is 4.31. The minimum atomic E-state index is 0.144. The molecule has 1 aliphatic rings. The number of anilines is 1. The van der Waals surface area contributed by atoms with Gasteiger partial charge in [0.1, 0.15) is 12.2 Å². The number of nitrogens with two attached hydrogens (primary N) is 1. The van der Waals surface area contributed by atoms with Crippen molar-refractivity contribution >= 4 is 5.69 Å². The molecule has 0 aliphatic carbocycles. The van der Waals surface area contributed by atoms with Gasteiger partial charge in [-0.25, -0.2) is 9.67 Å². The Hall–Kier alpha value is -1.88. The zero-order valence-electron chi connectivity index (χ0n) is 12.0. The molecule has 1 aromatic heterocycles. The second-order valence-electron chi connectivity index (χ2n) is 5.59. The van der Waals surface area contributed by atoms with Crippen LogP contribution in [0, 0.1) is 0 Å². The van der Waals surface area contributed by atoms with Crippen LogP contribution >= 0.6 is 0 Å². The monoisotopic (exact) mass is 271 g/mol. The van der Waals surface area contributed by atoms with E-state index >= 15 is 0 Å². The van der Waals surface area contributed by atoms with Gasteiger partial charge in [0.05, 0.1) is 6.54 Å². The third-order valence-electron chi connectivity index (χ3n) is 3.86. The Kier molecular flexibility index (Phi) is 3.44. The van der Waals surface area contributed by atoms with Gasteiger partial charge in [-0.05, 0) is 31.9 Å². The minimum Gasteiger partial charge on any atom is -0.364 e. The molecule has 20 heavy (non-hydrogen) atoms. The van der Waals surface area contributed by atoms with Gasteiger partial charge in [-0.15, -0.1) is 0 Å². The molecule has 0 radical (unpaired) electrons. The molecule has 2 heterocycles. The highest BCUT2D eigenvalue weighted by Crippen LogP contribution is 2.32. The smallest absolute Gasteiger partial charge is 0.146 e.